The number of hydrogen-bond donors (Lipinski definition) is 3. The third-order valence-electron chi connectivity index (χ3n) is 11.5. The van der Waals surface area contributed by atoms with E-state index >= 15 is 0 Å². The monoisotopic (exact) mass is 894 g/mol. The van der Waals surface area contributed by atoms with E-state index in [9.17, 15) is 19.4 Å². The van der Waals surface area contributed by atoms with Gasteiger partial charge in [0.1, 0.15) is 13.2 Å². The maximum absolute atomic E-state index is 12.9. The highest BCUT2D eigenvalue weighted by molar-refractivity contribution is 7.47. The maximum Gasteiger partial charge on any atom is 0.472 e. The summed E-state index contributed by atoms with van der Waals surface area (Å²) in [7, 11) is 1.54. The molecule has 1 amide bonds. The van der Waals surface area contributed by atoms with Crippen LogP contribution in [0, 0.1) is 0 Å². The summed E-state index contributed by atoms with van der Waals surface area (Å²) in [5.74, 6) is -0.195. The van der Waals surface area contributed by atoms with Crippen LogP contribution in [-0.2, 0) is 18.4 Å². The normalized spacial score (nSPS) is 14.5. The van der Waals surface area contributed by atoms with E-state index in [1.54, 1.807) is 6.08 Å². The molecule has 0 rings (SSSR count). The van der Waals surface area contributed by atoms with Gasteiger partial charge in [-0.1, -0.05) is 204 Å². The van der Waals surface area contributed by atoms with Crippen LogP contribution in [0.5, 0.6) is 0 Å². The molecule has 62 heavy (non-hydrogen) atoms. The number of carbonyl (C=O) groups is 1. The average molecular weight is 894 g/mol. The Morgan fingerprint density at radius 1 is 0.532 bits per heavy atom. The van der Waals surface area contributed by atoms with Gasteiger partial charge in [0, 0.05) is 6.42 Å². The molecule has 9 heteroatoms. The predicted octanol–water partition coefficient (Wildman–Crippen LogP) is 15.2. The highest BCUT2D eigenvalue weighted by Crippen LogP contribution is 2.43. The van der Waals surface area contributed by atoms with Crippen LogP contribution < -0.4 is 5.32 Å². The Hall–Kier alpha value is -1.54. The first kappa shape index (κ1) is 60.5. The van der Waals surface area contributed by atoms with Crippen LogP contribution in [0.1, 0.15) is 232 Å². The predicted molar refractivity (Wildman–Crippen MR) is 267 cm³/mol. The number of allylic oxidation sites excluding steroid dienone is 7. The van der Waals surface area contributed by atoms with Crippen molar-refractivity contribution in [1.29, 1.82) is 0 Å². The molecule has 0 saturated carbocycles. The number of aliphatic hydroxyl groups is 1. The zero-order valence-corrected chi connectivity index (χ0v) is 42.3. The van der Waals surface area contributed by atoms with Crippen LogP contribution in [0.3, 0.4) is 0 Å². The maximum atomic E-state index is 12.9. The molecule has 3 N–H and O–H groups in total. The van der Waals surface area contributed by atoms with E-state index in [2.05, 4.69) is 55.6 Å². The van der Waals surface area contributed by atoms with Gasteiger partial charge in [0.15, 0.2) is 0 Å². The molecule has 0 saturated heterocycles. The van der Waals surface area contributed by atoms with Crippen LogP contribution >= 0.6 is 7.82 Å². The van der Waals surface area contributed by atoms with Gasteiger partial charge in [-0.2, -0.15) is 0 Å². The van der Waals surface area contributed by atoms with Gasteiger partial charge in [-0.15, -0.1) is 0 Å². The van der Waals surface area contributed by atoms with Crippen molar-refractivity contribution < 1.29 is 32.9 Å². The highest BCUT2D eigenvalue weighted by Gasteiger charge is 2.27. The minimum atomic E-state index is -4.36. The Morgan fingerprint density at radius 2 is 0.887 bits per heavy atom. The fourth-order valence-corrected chi connectivity index (χ4v) is 8.10. The molecule has 0 aromatic rings. The van der Waals surface area contributed by atoms with Gasteiger partial charge in [-0.3, -0.25) is 13.8 Å². The van der Waals surface area contributed by atoms with Crippen molar-refractivity contribution in [3.05, 3.63) is 48.6 Å². The standard InChI is InChI=1S/C53H101N2O6P/c1-6-8-10-12-14-16-18-20-22-24-26-27-28-29-31-33-35-37-39-41-43-45-47-53(57)54-51(50-61-62(58,59)60-49-48-55(3,4)5)52(56)46-44-42-40-38-36-34-32-30-25-23-21-19-17-15-13-11-9-7-2/h25,28-30,36,38,44,46,51-52,56H,6-24,26-27,31-35,37,39-43,45,47-50H2,1-5H3,(H-,54,57,58,59)/p+1/b29-28-,30-25+,38-36+,46-44+. The van der Waals surface area contributed by atoms with Crippen LogP contribution in [0.15, 0.2) is 48.6 Å². The molecule has 3 atom stereocenters. The number of phosphoric ester groups is 1. The van der Waals surface area contributed by atoms with Crippen molar-refractivity contribution in [3.63, 3.8) is 0 Å². The largest absolute Gasteiger partial charge is 0.472 e. The molecular weight excluding hydrogens is 792 g/mol. The van der Waals surface area contributed by atoms with E-state index in [1.807, 2.05) is 27.2 Å². The van der Waals surface area contributed by atoms with Crippen molar-refractivity contribution in [3.8, 4) is 0 Å². The van der Waals surface area contributed by atoms with E-state index in [-0.39, 0.29) is 19.1 Å². The lowest BCUT2D eigenvalue weighted by molar-refractivity contribution is -0.870. The van der Waals surface area contributed by atoms with E-state index in [0.29, 0.717) is 17.4 Å². The molecule has 0 aliphatic carbocycles. The van der Waals surface area contributed by atoms with Crippen LogP contribution in [0.2, 0.25) is 0 Å². The van der Waals surface area contributed by atoms with Gasteiger partial charge in [0.05, 0.1) is 39.9 Å². The third-order valence-corrected chi connectivity index (χ3v) is 12.5. The van der Waals surface area contributed by atoms with Crippen molar-refractivity contribution >= 4 is 13.7 Å². The molecule has 0 aliphatic heterocycles. The number of nitrogens with one attached hydrogen (secondary N) is 1. The summed E-state index contributed by atoms with van der Waals surface area (Å²) in [4.78, 5) is 23.2. The number of phosphoric acid groups is 1. The SMILES string of the molecule is CCCCCCCCCC/C=C/CC/C=C/CC/C=C/C(O)C(COP(=O)(O)OCC[N+](C)(C)C)NC(=O)CCCCCCCCC/C=C\CCCCCCCCCCCCC. The van der Waals surface area contributed by atoms with Gasteiger partial charge in [-0.05, 0) is 70.6 Å². The Morgan fingerprint density at radius 3 is 1.29 bits per heavy atom. The molecular formula is C53H102N2O6P+. The molecule has 0 spiro atoms. The third kappa shape index (κ3) is 46.5. The van der Waals surface area contributed by atoms with E-state index < -0.39 is 20.0 Å². The number of unbranched alkanes of at least 4 members (excludes halogenated alkanes) is 28. The molecule has 0 aliphatic rings. The molecule has 8 nitrogen and oxygen atoms in total. The minimum Gasteiger partial charge on any atom is -0.387 e. The summed E-state index contributed by atoms with van der Waals surface area (Å²) in [6.07, 6.45) is 57.7. The molecule has 0 fully saturated rings. The number of amides is 1. The van der Waals surface area contributed by atoms with Crippen molar-refractivity contribution in [1.82, 2.24) is 5.32 Å². The lowest BCUT2D eigenvalue weighted by Crippen LogP contribution is -2.45. The molecule has 3 unspecified atom stereocenters. The smallest absolute Gasteiger partial charge is 0.387 e. The summed E-state index contributed by atoms with van der Waals surface area (Å²) >= 11 is 0. The summed E-state index contributed by atoms with van der Waals surface area (Å²) in [6.45, 7) is 4.79. The van der Waals surface area contributed by atoms with Crippen molar-refractivity contribution in [2.75, 3.05) is 40.9 Å². The molecule has 0 aromatic carbocycles. The number of aliphatic hydroxyl groups excluding tert-OH is 1. The fourth-order valence-electron chi connectivity index (χ4n) is 7.36. The Bertz CT molecular complexity index is 1150. The van der Waals surface area contributed by atoms with Gasteiger partial charge in [0.2, 0.25) is 5.91 Å². The Balaban J connectivity index is 4.36. The average Bonchev–Trinajstić information content (AvgIpc) is 3.23. The summed E-state index contributed by atoms with van der Waals surface area (Å²) < 4.78 is 23.6. The molecule has 0 aromatic heterocycles. The fraction of sp³-hybridized carbons (Fsp3) is 0.830. The Kier molecular flexibility index (Phi) is 43.5. The number of quaternary nitrogens is 1. The first-order valence-electron chi connectivity index (χ1n) is 26.0. The number of carbonyl (C=O) groups excluding carboxylic acids is 1. The van der Waals surface area contributed by atoms with Gasteiger partial charge in [-0.25, -0.2) is 4.57 Å². The van der Waals surface area contributed by atoms with Crippen molar-refractivity contribution in [2.45, 2.75) is 244 Å². The van der Waals surface area contributed by atoms with Crippen molar-refractivity contribution in [2.24, 2.45) is 0 Å². The number of hydrogen-bond acceptors (Lipinski definition) is 5. The second-order valence-corrected chi connectivity index (χ2v) is 20.3. The zero-order chi connectivity index (χ0) is 45.7. The Labute approximate surface area is 384 Å². The van der Waals surface area contributed by atoms with Crippen LogP contribution in [0.4, 0.5) is 0 Å². The van der Waals surface area contributed by atoms with Gasteiger partial charge >= 0.3 is 7.82 Å². The van der Waals surface area contributed by atoms with Crippen LogP contribution in [0.25, 0.3) is 0 Å². The molecule has 0 radical (unpaired) electrons. The second kappa shape index (κ2) is 44.7. The molecule has 0 heterocycles. The quantitative estimate of drug-likeness (QED) is 0.0243. The van der Waals surface area contributed by atoms with E-state index in [0.717, 1.165) is 44.9 Å². The first-order valence-corrected chi connectivity index (χ1v) is 27.5. The van der Waals surface area contributed by atoms with Gasteiger partial charge < -0.3 is 19.8 Å². The molecule has 0 bridgehead atoms. The zero-order valence-electron chi connectivity index (χ0n) is 41.4. The summed E-state index contributed by atoms with van der Waals surface area (Å²) in [5, 5.41) is 13.9. The van der Waals surface area contributed by atoms with Crippen LogP contribution in [-0.4, -0.2) is 73.4 Å². The lowest BCUT2D eigenvalue weighted by Gasteiger charge is -2.25. The van der Waals surface area contributed by atoms with E-state index in [1.165, 1.54) is 167 Å². The van der Waals surface area contributed by atoms with E-state index in [4.69, 9.17) is 9.05 Å². The number of likely N-dealkylation sites (N-methyl/N-ethyl adjacent to an activating group) is 1. The highest BCUT2D eigenvalue weighted by atomic mass is 31.2. The topological polar surface area (TPSA) is 105 Å². The minimum absolute atomic E-state index is 0.0520. The summed E-state index contributed by atoms with van der Waals surface area (Å²) in [5.41, 5.74) is 0. The lowest BCUT2D eigenvalue weighted by atomic mass is 10.0. The first-order chi connectivity index (χ1) is 30.0. The summed E-state index contributed by atoms with van der Waals surface area (Å²) in [6, 6.07) is -0.872. The second-order valence-electron chi connectivity index (χ2n) is 18.9. The number of rotatable bonds is 47. The molecule has 364 valence electrons. The number of nitrogens with zero attached hydrogens (tertiary/aromatic N) is 1. The van der Waals surface area contributed by atoms with Gasteiger partial charge in [0.25, 0.3) is 0 Å².